The molecule has 18 heavy (non-hydrogen) atoms. The second-order valence-electron chi connectivity index (χ2n) is 3.48. The van der Waals surface area contributed by atoms with Gasteiger partial charge in [-0.05, 0) is 18.2 Å². The zero-order valence-electron chi connectivity index (χ0n) is 9.26. The number of halogens is 4. The molecule has 100 valence electrons. The summed E-state index contributed by atoms with van der Waals surface area (Å²) in [5.74, 6) is -0.393. The third-order valence-electron chi connectivity index (χ3n) is 1.85. The molecule has 0 aromatic heterocycles. The summed E-state index contributed by atoms with van der Waals surface area (Å²) in [7, 11) is 0. The van der Waals surface area contributed by atoms with E-state index >= 15 is 0 Å². The summed E-state index contributed by atoms with van der Waals surface area (Å²) >= 11 is 3.24. The number of benzene rings is 1. The van der Waals surface area contributed by atoms with Crippen LogP contribution in [-0.4, -0.2) is 25.3 Å². The standard InChI is InChI=1S/C11H11BrF3NO2/c12-8-2-1-3-9(6-8)16-10(17)4-5-18-7-11(13,14)15/h1-3,6H,4-5,7H2,(H,16,17). The summed E-state index contributed by atoms with van der Waals surface area (Å²) in [5.41, 5.74) is 0.574. The Balaban J connectivity index is 2.26. The first-order valence-corrected chi connectivity index (χ1v) is 5.86. The van der Waals surface area contributed by atoms with Crippen molar-refractivity contribution in [1.29, 1.82) is 0 Å². The number of anilines is 1. The molecular formula is C11H11BrF3NO2. The topological polar surface area (TPSA) is 38.3 Å². The highest BCUT2D eigenvalue weighted by molar-refractivity contribution is 9.10. The molecule has 3 nitrogen and oxygen atoms in total. The third-order valence-corrected chi connectivity index (χ3v) is 2.34. The molecule has 1 aromatic carbocycles. The Morgan fingerprint density at radius 1 is 1.39 bits per heavy atom. The summed E-state index contributed by atoms with van der Waals surface area (Å²) in [6, 6.07) is 6.90. The van der Waals surface area contributed by atoms with Crippen LogP contribution in [0, 0.1) is 0 Å². The van der Waals surface area contributed by atoms with Crippen molar-refractivity contribution in [2.24, 2.45) is 0 Å². The predicted octanol–water partition coefficient (Wildman–Crippen LogP) is 3.36. The van der Waals surface area contributed by atoms with Gasteiger partial charge in [0.1, 0.15) is 6.61 Å². The van der Waals surface area contributed by atoms with Crippen molar-refractivity contribution < 1.29 is 22.7 Å². The number of carbonyl (C=O) groups excluding carboxylic acids is 1. The minimum atomic E-state index is -4.36. The summed E-state index contributed by atoms with van der Waals surface area (Å²) in [5, 5.41) is 2.55. The smallest absolute Gasteiger partial charge is 0.372 e. The average molecular weight is 326 g/mol. The molecule has 0 fully saturated rings. The van der Waals surface area contributed by atoms with E-state index in [1.807, 2.05) is 0 Å². The van der Waals surface area contributed by atoms with E-state index in [2.05, 4.69) is 26.0 Å². The fourth-order valence-electron chi connectivity index (χ4n) is 1.14. The van der Waals surface area contributed by atoms with Crippen LogP contribution >= 0.6 is 15.9 Å². The highest BCUT2D eigenvalue weighted by atomic mass is 79.9. The zero-order valence-corrected chi connectivity index (χ0v) is 10.8. The van der Waals surface area contributed by atoms with Crippen LogP contribution < -0.4 is 5.32 Å². The molecule has 0 saturated carbocycles. The highest BCUT2D eigenvalue weighted by Gasteiger charge is 2.27. The molecule has 1 amide bonds. The van der Waals surface area contributed by atoms with Crippen LogP contribution in [0.1, 0.15) is 6.42 Å². The van der Waals surface area contributed by atoms with E-state index in [0.29, 0.717) is 5.69 Å². The maximum Gasteiger partial charge on any atom is 0.411 e. The molecule has 0 saturated heterocycles. The molecule has 0 heterocycles. The number of hydrogen-bond acceptors (Lipinski definition) is 2. The van der Waals surface area contributed by atoms with Gasteiger partial charge in [-0.2, -0.15) is 13.2 Å². The summed E-state index contributed by atoms with van der Waals surface area (Å²) in [6.07, 6.45) is -4.48. The van der Waals surface area contributed by atoms with Crippen molar-refractivity contribution in [3.8, 4) is 0 Å². The first-order chi connectivity index (χ1) is 8.37. The van der Waals surface area contributed by atoms with Gasteiger partial charge in [0.2, 0.25) is 5.91 Å². The fourth-order valence-corrected chi connectivity index (χ4v) is 1.54. The molecule has 0 bridgehead atoms. The maximum atomic E-state index is 11.7. The Hall–Kier alpha value is -1.08. The van der Waals surface area contributed by atoms with Crippen LogP contribution in [0.2, 0.25) is 0 Å². The van der Waals surface area contributed by atoms with Crippen molar-refractivity contribution >= 4 is 27.5 Å². The van der Waals surface area contributed by atoms with E-state index in [0.717, 1.165) is 4.47 Å². The van der Waals surface area contributed by atoms with Gasteiger partial charge in [-0.25, -0.2) is 0 Å². The normalized spacial score (nSPS) is 11.3. The van der Waals surface area contributed by atoms with Crippen LogP contribution in [0.25, 0.3) is 0 Å². The summed E-state index contributed by atoms with van der Waals surface area (Å²) in [4.78, 5) is 11.4. The number of alkyl halides is 3. The first-order valence-electron chi connectivity index (χ1n) is 5.07. The molecular weight excluding hydrogens is 315 g/mol. The Morgan fingerprint density at radius 3 is 2.72 bits per heavy atom. The molecule has 0 aliphatic carbocycles. The number of amides is 1. The molecule has 0 unspecified atom stereocenters. The lowest BCUT2D eigenvalue weighted by molar-refractivity contribution is -0.174. The molecule has 0 aliphatic heterocycles. The number of rotatable bonds is 5. The minimum Gasteiger partial charge on any atom is -0.372 e. The van der Waals surface area contributed by atoms with E-state index < -0.39 is 18.7 Å². The molecule has 1 aromatic rings. The largest absolute Gasteiger partial charge is 0.411 e. The van der Waals surface area contributed by atoms with Crippen molar-refractivity contribution in [2.75, 3.05) is 18.5 Å². The minimum absolute atomic E-state index is 0.122. The maximum absolute atomic E-state index is 11.7. The number of ether oxygens (including phenoxy) is 1. The highest BCUT2D eigenvalue weighted by Crippen LogP contribution is 2.16. The van der Waals surface area contributed by atoms with Crippen molar-refractivity contribution in [3.63, 3.8) is 0 Å². The Kier molecular flexibility index (Phi) is 5.61. The molecule has 0 radical (unpaired) electrons. The van der Waals surface area contributed by atoms with Crippen LogP contribution in [0.5, 0.6) is 0 Å². The molecule has 1 N–H and O–H groups in total. The summed E-state index contributed by atoms with van der Waals surface area (Å²) in [6.45, 7) is -1.60. The van der Waals surface area contributed by atoms with Crippen molar-refractivity contribution in [1.82, 2.24) is 0 Å². The monoisotopic (exact) mass is 325 g/mol. The lowest BCUT2D eigenvalue weighted by Gasteiger charge is -2.08. The Bertz CT molecular complexity index is 410. The van der Waals surface area contributed by atoms with E-state index in [4.69, 9.17) is 0 Å². The van der Waals surface area contributed by atoms with Gasteiger partial charge in [0.25, 0.3) is 0 Å². The third kappa shape index (κ3) is 6.61. The average Bonchev–Trinajstić information content (AvgIpc) is 2.23. The van der Waals surface area contributed by atoms with Gasteiger partial charge in [0.15, 0.2) is 0 Å². The van der Waals surface area contributed by atoms with E-state index in [1.165, 1.54) is 0 Å². The van der Waals surface area contributed by atoms with Gasteiger partial charge in [0.05, 0.1) is 13.0 Å². The SMILES string of the molecule is O=C(CCOCC(F)(F)F)Nc1cccc(Br)c1. The van der Waals surface area contributed by atoms with E-state index in [1.54, 1.807) is 24.3 Å². The molecule has 1 rings (SSSR count). The second kappa shape index (κ2) is 6.75. The summed E-state index contributed by atoms with van der Waals surface area (Å²) < 4.78 is 40.4. The first kappa shape index (κ1) is 15.0. The molecule has 0 atom stereocenters. The van der Waals surface area contributed by atoms with Gasteiger partial charge in [-0.1, -0.05) is 22.0 Å². The van der Waals surface area contributed by atoms with Crippen molar-refractivity contribution in [2.45, 2.75) is 12.6 Å². The quantitative estimate of drug-likeness (QED) is 0.843. The van der Waals surface area contributed by atoms with Crippen molar-refractivity contribution in [3.05, 3.63) is 28.7 Å². The Morgan fingerprint density at radius 2 is 2.11 bits per heavy atom. The van der Waals surface area contributed by atoms with Gasteiger partial charge < -0.3 is 10.1 Å². The lowest BCUT2D eigenvalue weighted by Crippen LogP contribution is -2.20. The number of nitrogens with one attached hydrogen (secondary N) is 1. The molecule has 7 heteroatoms. The van der Waals surface area contributed by atoms with E-state index in [9.17, 15) is 18.0 Å². The van der Waals surface area contributed by atoms with Crippen LogP contribution in [0.3, 0.4) is 0 Å². The van der Waals surface area contributed by atoms with Gasteiger partial charge in [-0.15, -0.1) is 0 Å². The van der Waals surface area contributed by atoms with Crippen LogP contribution in [-0.2, 0) is 9.53 Å². The van der Waals surface area contributed by atoms with E-state index in [-0.39, 0.29) is 13.0 Å². The van der Waals surface area contributed by atoms with Crippen LogP contribution in [0.4, 0.5) is 18.9 Å². The lowest BCUT2D eigenvalue weighted by atomic mass is 10.3. The van der Waals surface area contributed by atoms with Crippen LogP contribution in [0.15, 0.2) is 28.7 Å². The number of hydrogen-bond donors (Lipinski definition) is 1. The van der Waals surface area contributed by atoms with Gasteiger partial charge >= 0.3 is 6.18 Å². The predicted molar refractivity (Wildman–Crippen MR) is 64.3 cm³/mol. The number of carbonyl (C=O) groups is 1. The van der Waals surface area contributed by atoms with Gasteiger partial charge in [0, 0.05) is 10.2 Å². The Labute approximate surface area is 110 Å². The fraction of sp³-hybridized carbons (Fsp3) is 0.364. The second-order valence-corrected chi connectivity index (χ2v) is 4.39. The molecule has 0 aliphatic rings. The zero-order chi connectivity index (χ0) is 13.6. The van der Waals surface area contributed by atoms with Gasteiger partial charge in [-0.3, -0.25) is 4.79 Å². The molecule has 0 spiro atoms.